The van der Waals surface area contributed by atoms with Crippen LogP contribution < -0.4 is 0 Å². The lowest BCUT2D eigenvalue weighted by Gasteiger charge is -2.06. The summed E-state index contributed by atoms with van der Waals surface area (Å²) in [7, 11) is 3.90. The monoisotopic (exact) mass is 319 g/mol. The van der Waals surface area contributed by atoms with Gasteiger partial charge in [-0.2, -0.15) is 5.10 Å². The number of ether oxygens (including phenoxy) is 2. The molecule has 0 radical (unpaired) electrons. The fraction of sp³-hybridized carbons (Fsp3) is 0.214. The van der Waals surface area contributed by atoms with Gasteiger partial charge in [-0.05, 0) is 12.1 Å². The molecule has 1 aromatic heterocycles. The zero-order chi connectivity index (χ0) is 17.1. The van der Waals surface area contributed by atoms with Crippen molar-refractivity contribution in [3.8, 4) is 11.1 Å². The van der Waals surface area contributed by atoms with Crippen molar-refractivity contribution in [2.75, 3.05) is 14.2 Å². The van der Waals surface area contributed by atoms with Crippen LogP contribution in [0.1, 0.15) is 20.8 Å². The van der Waals surface area contributed by atoms with E-state index in [1.807, 2.05) is 0 Å². The van der Waals surface area contributed by atoms with Crippen molar-refractivity contribution < 1.29 is 24.0 Å². The van der Waals surface area contributed by atoms with Gasteiger partial charge in [-0.3, -0.25) is 14.8 Å². The highest BCUT2D eigenvalue weighted by molar-refractivity contribution is 5.98. The molecule has 0 amide bonds. The first-order valence-corrected chi connectivity index (χ1v) is 6.38. The molecule has 0 N–H and O–H groups in total. The average molecular weight is 319 g/mol. The number of nitro benzene ring substituents is 1. The number of aryl methyl sites for hydroxylation is 1. The average Bonchev–Trinajstić information content (AvgIpc) is 2.94. The van der Waals surface area contributed by atoms with Gasteiger partial charge in [-0.25, -0.2) is 9.59 Å². The van der Waals surface area contributed by atoms with E-state index in [0.29, 0.717) is 0 Å². The van der Waals surface area contributed by atoms with Gasteiger partial charge in [0.2, 0.25) is 0 Å². The Kier molecular flexibility index (Phi) is 4.39. The van der Waals surface area contributed by atoms with Crippen LogP contribution in [0.5, 0.6) is 0 Å². The first-order chi connectivity index (χ1) is 10.9. The van der Waals surface area contributed by atoms with Crippen LogP contribution >= 0.6 is 0 Å². The number of benzene rings is 1. The molecule has 0 saturated carbocycles. The summed E-state index contributed by atoms with van der Waals surface area (Å²) in [5.41, 5.74) is 0.151. The second-order valence-corrected chi connectivity index (χ2v) is 4.50. The van der Waals surface area contributed by atoms with Crippen molar-refractivity contribution in [3.05, 3.63) is 45.8 Å². The Hall–Kier alpha value is -3.23. The lowest BCUT2D eigenvalue weighted by atomic mass is 10.0. The van der Waals surface area contributed by atoms with Crippen LogP contribution in [0.2, 0.25) is 0 Å². The molecule has 0 aliphatic heterocycles. The van der Waals surface area contributed by atoms with Crippen LogP contribution in [0.25, 0.3) is 11.1 Å². The summed E-state index contributed by atoms with van der Waals surface area (Å²) in [5.74, 6) is -1.37. The number of carbonyl (C=O) groups excluding carboxylic acids is 2. The van der Waals surface area contributed by atoms with Gasteiger partial charge in [-0.1, -0.05) is 0 Å². The smallest absolute Gasteiger partial charge is 0.356 e. The van der Waals surface area contributed by atoms with E-state index in [2.05, 4.69) is 14.6 Å². The third-order valence-corrected chi connectivity index (χ3v) is 3.22. The van der Waals surface area contributed by atoms with Crippen molar-refractivity contribution in [2.45, 2.75) is 0 Å². The van der Waals surface area contributed by atoms with E-state index in [1.165, 1.54) is 44.3 Å². The van der Waals surface area contributed by atoms with Crippen molar-refractivity contribution in [2.24, 2.45) is 7.05 Å². The molecule has 9 nitrogen and oxygen atoms in total. The largest absolute Gasteiger partial charge is 0.465 e. The third-order valence-electron chi connectivity index (χ3n) is 3.22. The number of esters is 2. The van der Waals surface area contributed by atoms with E-state index in [1.54, 1.807) is 0 Å². The Morgan fingerprint density at radius 3 is 2.39 bits per heavy atom. The lowest BCUT2D eigenvalue weighted by molar-refractivity contribution is -0.384. The van der Waals surface area contributed by atoms with Gasteiger partial charge in [0.1, 0.15) is 0 Å². The molecule has 23 heavy (non-hydrogen) atoms. The number of hydrogen-bond acceptors (Lipinski definition) is 7. The predicted octanol–water partition coefficient (Wildman–Crippen LogP) is 1.57. The van der Waals surface area contributed by atoms with Gasteiger partial charge < -0.3 is 9.47 Å². The molecule has 0 aliphatic rings. The second-order valence-electron chi connectivity index (χ2n) is 4.50. The minimum absolute atomic E-state index is 0.0338. The molecule has 0 spiro atoms. The van der Waals surface area contributed by atoms with Gasteiger partial charge >= 0.3 is 11.9 Å². The molecule has 1 heterocycles. The first kappa shape index (κ1) is 16.1. The van der Waals surface area contributed by atoms with Crippen molar-refractivity contribution in [3.63, 3.8) is 0 Å². The molecule has 0 fully saturated rings. The van der Waals surface area contributed by atoms with Crippen LogP contribution in [0.4, 0.5) is 5.69 Å². The summed E-state index contributed by atoms with van der Waals surface area (Å²) in [6.45, 7) is 0. The quantitative estimate of drug-likeness (QED) is 0.477. The highest BCUT2D eigenvalue weighted by Crippen LogP contribution is 2.33. The number of rotatable bonds is 4. The second kappa shape index (κ2) is 6.26. The lowest BCUT2D eigenvalue weighted by Crippen LogP contribution is -2.10. The topological polar surface area (TPSA) is 114 Å². The summed E-state index contributed by atoms with van der Waals surface area (Å²) in [6, 6.07) is 3.84. The highest BCUT2D eigenvalue weighted by atomic mass is 16.6. The first-order valence-electron chi connectivity index (χ1n) is 6.38. The van der Waals surface area contributed by atoms with Gasteiger partial charge in [0.25, 0.3) is 5.69 Å². The Morgan fingerprint density at radius 1 is 1.17 bits per heavy atom. The van der Waals surface area contributed by atoms with Gasteiger partial charge in [0.15, 0.2) is 5.69 Å². The Labute approximate surface area is 130 Å². The van der Waals surface area contributed by atoms with E-state index >= 15 is 0 Å². The summed E-state index contributed by atoms with van der Waals surface area (Å²) < 4.78 is 10.5. The minimum Gasteiger partial charge on any atom is -0.465 e. The van der Waals surface area contributed by atoms with Crippen LogP contribution in [0.15, 0.2) is 24.4 Å². The van der Waals surface area contributed by atoms with E-state index < -0.39 is 16.9 Å². The zero-order valence-corrected chi connectivity index (χ0v) is 12.6. The summed E-state index contributed by atoms with van der Waals surface area (Å²) in [6.07, 6.45) is 1.33. The van der Waals surface area contributed by atoms with Crippen molar-refractivity contribution >= 4 is 17.6 Å². The highest BCUT2D eigenvalue weighted by Gasteiger charge is 2.26. The van der Waals surface area contributed by atoms with Crippen LogP contribution in [-0.2, 0) is 16.5 Å². The number of nitro groups is 1. The molecule has 1 aromatic carbocycles. The molecular weight excluding hydrogens is 306 g/mol. The SMILES string of the molecule is COC(=O)c1ccc(-c2cnn(C)c2C(=O)OC)c([N+](=O)[O-])c1. The minimum atomic E-state index is -0.695. The number of hydrogen-bond donors (Lipinski definition) is 0. The van der Waals surface area contributed by atoms with Crippen molar-refractivity contribution in [1.29, 1.82) is 0 Å². The summed E-state index contributed by atoms with van der Waals surface area (Å²) in [5, 5.41) is 15.3. The number of methoxy groups -OCH3 is 2. The molecule has 0 aliphatic carbocycles. The molecular formula is C14H13N3O6. The summed E-state index contributed by atoms with van der Waals surface area (Å²) in [4.78, 5) is 34.1. The number of nitrogens with zero attached hydrogens (tertiary/aromatic N) is 3. The fourth-order valence-electron chi connectivity index (χ4n) is 2.13. The van der Waals surface area contributed by atoms with Crippen molar-refractivity contribution in [1.82, 2.24) is 9.78 Å². The molecule has 9 heteroatoms. The Balaban J connectivity index is 2.67. The summed E-state index contributed by atoms with van der Waals surface area (Å²) >= 11 is 0. The predicted molar refractivity (Wildman–Crippen MR) is 78.0 cm³/mol. The third kappa shape index (κ3) is 2.89. The van der Waals surface area contributed by atoms with Crippen LogP contribution in [-0.4, -0.2) is 40.9 Å². The van der Waals surface area contributed by atoms with E-state index in [-0.39, 0.29) is 28.1 Å². The van der Waals surface area contributed by atoms with E-state index in [9.17, 15) is 19.7 Å². The maximum atomic E-state index is 11.9. The molecule has 0 unspecified atom stereocenters. The maximum Gasteiger partial charge on any atom is 0.356 e. The molecule has 2 aromatic rings. The standard InChI is InChI=1S/C14H13N3O6/c1-16-12(14(19)23-3)10(7-15-16)9-5-4-8(13(18)22-2)6-11(9)17(20)21/h4-7H,1-3H3. The maximum absolute atomic E-state index is 11.9. The molecule has 0 saturated heterocycles. The molecule has 120 valence electrons. The van der Waals surface area contributed by atoms with E-state index in [4.69, 9.17) is 0 Å². The number of carbonyl (C=O) groups is 2. The molecule has 2 rings (SSSR count). The molecule has 0 bridgehead atoms. The Bertz CT molecular complexity index is 796. The van der Waals surface area contributed by atoms with Gasteiger partial charge in [0, 0.05) is 18.7 Å². The van der Waals surface area contributed by atoms with E-state index in [0.717, 1.165) is 6.07 Å². The van der Waals surface area contributed by atoms with Gasteiger partial charge in [-0.15, -0.1) is 0 Å². The normalized spacial score (nSPS) is 10.2. The Morgan fingerprint density at radius 2 is 1.83 bits per heavy atom. The van der Waals surface area contributed by atoms with Gasteiger partial charge in [0.05, 0.1) is 36.5 Å². The molecule has 0 atom stereocenters. The number of aromatic nitrogens is 2. The zero-order valence-electron chi connectivity index (χ0n) is 12.6. The van der Waals surface area contributed by atoms with Crippen LogP contribution in [0.3, 0.4) is 0 Å². The van der Waals surface area contributed by atoms with Crippen LogP contribution in [0, 0.1) is 10.1 Å². The fourth-order valence-corrected chi connectivity index (χ4v) is 2.13.